The molecule has 0 aliphatic heterocycles. The number of carbonyl (C=O) groups excluding carboxylic acids is 1. The molecule has 0 atom stereocenters. The molecule has 8 heavy (non-hydrogen) atoms. The Morgan fingerprint density at radius 1 is 1.38 bits per heavy atom. The molecule has 0 unspecified atom stereocenters. The standard InChI is InChI=1S/CH2ClNO.CHClO2/c2*2-1(3)4/h(H2,3,4);(H,3,4). The SMILES string of the molecule is NC(=O)Cl.O=C(O)Cl. The van der Waals surface area contributed by atoms with Crippen LogP contribution in [-0.4, -0.2) is 15.9 Å². The first-order valence-corrected chi connectivity index (χ1v) is 2.05. The summed E-state index contributed by atoms with van der Waals surface area (Å²) in [5, 5.41) is 6.32. The molecule has 0 aromatic carbocycles. The van der Waals surface area contributed by atoms with Gasteiger partial charge in [0.05, 0.1) is 0 Å². The number of carboxylic acid groups (broad SMARTS) is 1. The summed E-state index contributed by atoms with van der Waals surface area (Å²) < 4.78 is 0. The predicted molar refractivity (Wildman–Crippen MR) is 29.3 cm³/mol. The lowest BCUT2D eigenvalue weighted by Gasteiger charge is -1.56. The Bertz CT molecular complexity index is 73.3. The highest BCUT2D eigenvalue weighted by Gasteiger charge is 1.71. The van der Waals surface area contributed by atoms with Gasteiger partial charge in [-0.2, -0.15) is 0 Å². The summed E-state index contributed by atoms with van der Waals surface area (Å²) in [6, 6.07) is 0. The molecule has 0 saturated carbocycles. The van der Waals surface area contributed by atoms with E-state index < -0.39 is 10.8 Å². The second-order valence-electron chi connectivity index (χ2n) is 0.557. The van der Waals surface area contributed by atoms with Crippen LogP contribution in [0.25, 0.3) is 0 Å². The minimum atomic E-state index is -1.36. The van der Waals surface area contributed by atoms with Gasteiger partial charge in [-0.1, -0.05) is 0 Å². The number of hydrogen-bond donors (Lipinski definition) is 2. The van der Waals surface area contributed by atoms with Crippen molar-refractivity contribution in [2.24, 2.45) is 5.73 Å². The maximum Gasteiger partial charge on any atom is 0.401 e. The first-order valence-electron chi connectivity index (χ1n) is 1.30. The monoisotopic (exact) mass is 159 g/mol. The van der Waals surface area contributed by atoms with Crippen LogP contribution in [0.3, 0.4) is 0 Å². The zero-order chi connectivity index (χ0) is 7.15. The topological polar surface area (TPSA) is 80.4 Å². The molecule has 0 aliphatic rings. The van der Waals surface area contributed by atoms with E-state index >= 15 is 0 Å². The fraction of sp³-hybridized carbons (Fsp3) is 0. The van der Waals surface area contributed by atoms with E-state index in [9.17, 15) is 0 Å². The average Bonchev–Trinajstić information content (AvgIpc) is 1.25. The van der Waals surface area contributed by atoms with Crippen LogP contribution in [-0.2, 0) is 0 Å². The molecule has 0 bridgehead atoms. The summed E-state index contributed by atoms with van der Waals surface area (Å²) in [7, 11) is 0. The van der Waals surface area contributed by atoms with Gasteiger partial charge in [-0.15, -0.1) is 0 Å². The van der Waals surface area contributed by atoms with E-state index in [2.05, 4.69) is 28.9 Å². The fourth-order valence-electron chi connectivity index (χ4n) is 0. The zero-order valence-electron chi connectivity index (χ0n) is 3.60. The molecule has 0 spiro atoms. The summed E-state index contributed by atoms with van der Waals surface area (Å²) in [6.07, 6.45) is 0. The van der Waals surface area contributed by atoms with Gasteiger partial charge >= 0.3 is 10.8 Å². The van der Waals surface area contributed by atoms with Crippen LogP contribution in [0.4, 0.5) is 9.59 Å². The minimum Gasteiger partial charge on any atom is -0.469 e. The number of nitrogens with two attached hydrogens (primary N) is 1. The Morgan fingerprint density at radius 3 is 1.38 bits per heavy atom. The maximum atomic E-state index is 8.99. The summed E-state index contributed by atoms with van der Waals surface area (Å²) in [5.41, 5.74) is 2.88. The lowest BCUT2D eigenvalue weighted by Crippen LogP contribution is -1.94. The Hall–Kier alpha value is -0.480. The van der Waals surface area contributed by atoms with Crippen molar-refractivity contribution >= 4 is 34.0 Å². The van der Waals surface area contributed by atoms with Crippen molar-refractivity contribution in [3.8, 4) is 0 Å². The van der Waals surface area contributed by atoms with Crippen LogP contribution in [0.2, 0.25) is 0 Å². The van der Waals surface area contributed by atoms with Gasteiger partial charge in [0, 0.05) is 11.6 Å². The van der Waals surface area contributed by atoms with Crippen molar-refractivity contribution in [1.29, 1.82) is 0 Å². The lowest BCUT2D eigenvalue weighted by molar-refractivity contribution is 0.220. The first kappa shape index (κ1) is 10.5. The van der Waals surface area contributed by atoms with E-state index in [0.29, 0.717) is 0 Å². The van der Waals surface area contributed by atoms with Gasteiger partial charge in [0.15, 0.2) is 0 Å². The normalized spacial score (nSPS) is 6.25. The average molecular weight is 160 g/mol. The van der Waals surface area contributed by atoms with Crippen LogP contribution in [0.5, 0.6) is 0 Å². The van der Waals surface area contributed by atoms with Gasteiger partial charge in [0.1, 0.15) is 0 Å². The largest absolute Gasteiger partial charge is 0.469 e. The van der Waals surface area contributed by atoms with E-state index in [4.69, 9.17) is 14.7 Å². The number of carbonyl (C=O) groups is 2. The van der Waals surface area contributed by atoms with Gasteiger partial charge in [-0.3, -0.25) is 4.79 Å². The quantitative estimate of drug-likeness (QED) is 0.412. The highest BCUT2D eigenvalue weighted by Crippen LogP contribution is 1.67. The van der Waals surface area contributed by atoms with Crippen LogP contribution in [0, 0.1) is 0 Å². The molecule has 3 N–H and O–H groups in total. The van der Waals surface area contributed by atoms with Gasteiger partial charge in [0.25, 0.3) is 0 Å². The van der Waals surface area contributed by atoms with E-state index in [1.54, 1.807) is 0 Å². The first-order chi connectivity index (χ1) is 3.46. The van der Waals surface area contributed by atoms with Crippen molar-refractivity contribution < 1.29 is 14.7 Å². The van der Waals surface area contributed by atoms with Crippen LogP contribution >= 0.6 is 23.2 Å². The molecule has 48 valence electrons. The highest BCUT2D eigenvalue weighted by atomic mass is 35.5. The molecule has 6 heteroatoms. The van der Waals surface area contributed by atoms with Crippen molar-refractivity contribution in [3.05, 3.63) is 0 Å². The second kappa shape index (κ2) is 6.52. The van der Waals surface area contributed by atoms with E-state index in [1.807, 2.05) is 0 Å². The lowest BCUT2D eigenvalue weighted by atomic mass is 11.5. The third-order valence-corrected chi connectivity index (χ3v) is 0. The second-order valence-corrected chi connectivity index (χ2v) is 1.25. The Kier molecular flexibility index (Phi) is 8.55. The van der Waals surface area contributed by atoms with Crippen molar-refractivity contribution in [2.75, 3.05) is 0 Å². The maximum absolute atomic E-state index is 8.99. The molecule has 1 amide bonds. The van der Waals surface area contributed by atoms with Gasteiger partial charge in [0.2, 0.25) is 0 Å². The molecule has 0 aliphatic carbocycles. The summed E-state index contributed by atoms with van der Waals surface area (Å²) in [5.74, 6) is 0. The summed E-state index contributed by atoms with van der Waals surface area (Å²) >= 11 is 8.60. The van der Waals surface area contributed by atoms with Crippen LogP contribution in [0.15, 0.2) is 0 Å². The van der Waals surface area contributed by atoms with E-state index in [-0.39, 0.29) is 0 Å². The number of amides is 1. The Labute approximate surface area is 55.2 Å². The van der Waals surface area contributed by atoms with E-state index in [0.717, 1.165) is 0 Å². The third-order valence-electron chi connectivity index (χ3n) is 0. The van der Waals surface area contributed by atoms with Crippen molar-refractivity contribution in [1.82, 2.24) is 0 Å². The summed E-state index contributed by atoms with van der Waals surface area (Å²) in [6.45, 7) is 0. The van der Waals surface area contributed by atoms with Crippen molar-refractivity contribution in [3.63, 3.8) is 0 Å². The molecule has 0 radical (unpaired) electrons. The molecule has 0 aromatic heterocycles. The predicted octanol–water partition coefficient (Wildman–Crippen LogP) is 1.21. The van der Waals surface area contributed by atoms with Gasteiger partial charge < -0.3 is 10.8 Å². The smallest absolute Gasteiger partial charge is 0.401 e. The molecule has 0 fully saturated rings. The third kappa shape index (κ3) is 489. The number of halogens is 2. The molecule has 0 saturated heterocycles. The molecule has 0 heterocycles. The molecule has 0 rings (SSSR count). The number of rotatable bonds is 0. The number of primary amides is 1. The minimum absolute atomic E-state index is 0.861. The van der Waals surface area contributed by atoms with Crippen LogP contribution in [0.1, 0.15) is 0 Å². The van der Waals surface area contributed by atoms with Gasteiger partial charge in [-0.05, 0) is 11.6 Å². The molecule has 0 aromatic rings. The van der Waals surface area contributed by atoms with Crippen LogP contribution < -0.4 is 5.73 Å². The highest BCUT2D eigenvalue weighted by molar-refractivity contribution is 6.62. The van der Waals surface area contributed by atoms with Gasteiger partial charge in [-0.25, -0.2) is 4.79 Å². The Balaban J connectivity index is 0. The number of hydrogen-bond acceptors (Lipinski definition) is 2. The molecule has 4 nitrogen and oxygen atoms in total. The van der Waals surface area contributed by atoms with Crippen molar-refractivity contribution in [2.45, 2.75) is 0 Å². The fourth-order valence-corrected chi connectivity index (χ4v) is 0. The molecular formula is C2H3Cl2NO3. The zero-order valence-corrected chi connectivity index (χ0v) is 5.11. The van der Waals surface area contributed by atoms with E-state index in [1.165, 1.54) is 0 Å². The summed E-state index contributed by atoms with van der Waals surface area (Å²) in [4.78, 5) is 17.8. The molecular weight excluding hydrogens is 157 g/mol. The Morgan fingerprint density at radius 2 is 1.38 bits per heavy atom.